The normalized spacial score (nSPS) is 21.2. The topological polar surface area (TPSA) is 77.5 Å². The van der Waals surface area contributed by atoms with Crippen molar-refractivity contribution in [1.29, 1.82) is 0 Å². The second-order valence-electron chi connectivity index (χ2n) is 4.83. The number of hydrogen-bond donors (Lipinski definition) is 0. The molecule has 19 heavy (non-hydrogen) atoms. The fraction of sp³-hybridized carbons (Fsp3) is 0.462. The Morgan fingerprint density at radius 3 is 2.53 bits per heavy atom. The van der Waals surface area contributed by atoms with Crippen molar-refractivity contribution in [3.05, 3.63) is 29.8 Å². The maximum atomic E-state index is 12.4. The Balaban J connectivity index is 2.24. The number of carboxylic acid groups (broad SMARTS) is 1. The lowest BCUT2D eigenvalue weighted by Crippen LogP contribution is -2.46. The van der Waals surface area contributed by atoms with Gasteiger partial charge < -0.3 is 9.90 Å². The van der Waals surface area contributed by atoms with E-state index in [-0.39, 0.29) is 11.4 Å². The lowest BCUT2D eigenvalue weighted by Gasteiger charge is -2.32. The van der Waals surface area contributed by atoms with E-state index in [0.29, 0.717) is 19.4 Å². The Morgan fingerprint density at radius 2 is 1.95 bits per heavy atom. The molecule has 0 bridgehead atoms. The molecule has 1 aromatic rings. The first-order valence-electron chi connectivity index (χ1n) is 6.19. The van der Waals surface area contributed by atoms with Crippen molar-refractivity contribution in [3.8, 4) is 0 Å². The molecule has 2 rings (SSSR count). The zero-order valence-electron chi connectivity index (χ0n) is 10.7. The number of benzene rings is 1. The van der Waals surface area contributed by atoms with Crippen LogP contribution in [0.3, 0.4) is 0 Å². The molecule has 1 atom stereocenters. The summed E-state index contributed by atoms with van der Waals surface area (Å²) in [6, 6.07) is 6.56. The fourth-order valence-corrected chi connectivity index (χ4v) is 3.74. The third-order valence-electron chi connectivity index (χ3n) is 3.38. The lowest BCUT2D eigenvalue weighted by atomic mass is 10.0. The zero-order valence-corrected chi connectivity index (χ0v) is 11.5. The molecule has 0 N–H and O–H groups in total. The third kappa shape index (κ3) is 2.96. The van der Waals surface area contributed by atoms with E-state index in [0.717, 1.165) is 5.56 Å². The highest BCUT2D eigenvalue weighted by molar-refractivity contribution is 7.89. The minimum Gasteiger partial charge on any atom is -0.550 e. The Bertz CT molecular complexity index is 565. The van der Waals surface area contributed by atoms with Crippen LogP contribution in [-0.2, 0) is 14.8 Å². The highest BCUT2D eigenvalue weighted by Crippen LogP contribution is 2.23. The van der Waals surface area contributed by atoms with Crippen LogP contribution in [0.5, 0.6) is 0 Å². The first-order valence-corrected chi connectivity index (χ1v) is 7.63. The van der Waals surface area contributed by atoms with Crippen molar-refractivity contribution < 1.29 is 18.3 Å². The van der Waals surface area contributed by atoms with Crippen LogP contribution in [0.2, 0.25) is 0 Å². The minimum atomic E-state index is -3.60. The van der Waals surface area contributed by atoms with Gasteiger partial charge in [-0.2, -0.15) is 4.31 Å². The monoisotopic (exact) mass is 282 g/mol. The van der Waals surface area contributed by atoms with Crippen molar-refractivity contribution in [2.75, 3.05) is 13.1 Å². The standard InChI is InChI=1S/C13H17NO4S/c1-10-4-6-12(7-5-10)19(17,18)14-8-2-3-11(9-14)13(15)16/h4-7,11H,2-3,8-9H2,1H3,(H,15,16)/p-1. The van der Waals surface area contributed by atoms with Crippen LogP contribution < -0.4 is 5.11 Å². The van der Waals surface area contributed by atoms with Crippen LogP contribution in [0.1, 0.15) is 18.4 Å². The predicted molar refractivity (Wildman–Crippen MR) is 67.7 cm³/mol. The molecular formula is C13H16NO4S-. The molecule has 1 fully saturated rings. The number of carboxylic acids is 1. The summed E-state index contributed by atoms with van der Waals surface area (Å²) in [4.78, 5) is 11.1. The van der Waals surface area contributed by atoms with Crippen molar-refractivity contribution in [3.63, 3.8) is 0 Å². The average molecular weight is 282 g/mol. The van der Waals surface area contributed by atoms with Crippen LogP contribution in [-0.4, -0.2) is 31.8 Å². The predicted octanol–water partition coefficient (Wildman–Crippen LogP) is 0.146. The third-order valence-corrected chi connectivity index (χ3v) is 5.26. The Morgan fingerprint density at radius 1 is 1.32 bits per heavy atom. The van der Waals surface area contributed by atoms with Crippen molar-refractivity contribution in [1.82, 2.24) is 4.31 Å². The highest BCUT2D eigenvalue weighted by Gasteiger charge is 2.30. The second-order valence-corrected chi connectivity index (χ2v) is 6.77. The molecule has 0 aromatic heterocycles. The van der Waals surface area contributed by atoms with Gasteiger partial charge in [0.1, 0.15) is 0 Å². The molecule has 0 spiro atoms. The number of nitrogens with zero attached hydrogens (tertiary/aromatic N) is 1. The van der Waals surface area contributed by atoms with Crippen LogP contribution in [0.15, 0.2) is 29.2 Å². The van der Waals surface area contributed by atoms with Gasteiger partial charge >= 0.3 is 0 Å². The number of carbonyl (C=O) groups excluding carboxylic acids is 1. The van der Waals surface area contributed by atoms with Gasteiger partial charge in [0.25, 0.3) is 0 Å². The molecule has 0 amide bonds. The molecule has 1 heterocycles. The van der Waals surface area contributed by atoms with Crippen LogP contribution in [0.25, 0.3) is 0 Å². The van der Waals surface area contributed by atoms with E-state index in [1.54, 1.807) is 24.3 Å². The summed E-state index contributed by atoms with van der Waals surface area (Å²) in [7, 11) is -3.60. The average Bonchev–Trinajstić information content (AvgIpc) is 2.39. The summed E-state index contributed by atoms with van der Waals surface area (Å²) in [5.74, 6) is -1.89. The largest absolute Gasteiger partial charge is 0.550 e. The molecule has 1 aliphatic rings. The molecule has 6 heteroatoms. The number of carbonyl (C=O) groups is 1. The number of aryl methyl sites for hydroxylation is 1. The summed E-state index contributed by atoms with van der Waals surface area (Å²) >= 11 is 0. The van der Waals surface area contributed by atoms with Gasteiger partial charge in [-0.05, 0) is 31.9 Å². The summed E-state index contributed by atoms with van der Waals surface area (Å²) < 4.78 is 26.0. The second kappa shape index (κ2) is 5.30. The molecule has 104 valence electrons. The van der Waals surface area contributed by atoms with Gasteiger partial charge in [-0.3, -0.25) is 0 Å². The van der Waals surface area contributed by atoms with E-state index in [1.807, 2.05) is 6.92 Å². The highest BCUT2D eigenvalue weighted by atomic mass is 32.2. The molecule has 0 aliphatic carbocycles. The summed E-state index contributed by atoms with van der Waals surface area (Å²) in [6.45, 7) is 2.24. The molecule has 1 aliphatic heterocycles. The maximum absolute atomic E-state index is 12.4. The van der Waals surface area contributed by atoms with Crippen LogP contribution in [0.4, 0.5) is 0 Å². The first kappa shape index (κ1) is 14.0. The zero-order chi connectivity index (χ0) is 14.0. The van der Waals surface area contributed by atoms with Gasteiger partial charge in [-0.15, -0.1) is 0 Å². The van der Waals surface area contributed by atoms with Gasteiger partial charge in [0, 0.05) is 25.0 Å². The van der Waals surface area contributed by atoms with Gasteiger partial charge in [-0.1, -0.05) is 17.7 Å². The Hall–Kier alpha value is -1.40. The van der Waals surface area contributed by atoms with E-state index >= 15 is 0 Å². The van der Waals surface area contributed by atoms with Crippen molar-refractivity contribution in [2.24, 2.45) is 5.92 Å². The molecular weight excluding hydrogens is 266 g/mol. The molecule has 1 aromatic carbocycles. The molecule has 0 saturated carbocycles. The van der Waals surface area contributed by atoms with Gasteiger partial charge in [0.15, 0.2) is 0 Å². The summed E-state index contributed by atoms with van der Waals surface area (Å²) in [6.07, 6.45) is 1.02. The molecule has 1 unspecified atom stereocenters. The smallest absolute Gasteiger partial charge is 0.243 e. The quantitative estimate of drug-likeness (QED) is 0.790. The fourth-order valence-electron chi connectivity index (χ4n) is 2.21. The van der Waals surface area contributed by atoms with E-state index in [9.17, 15) is 18.3 Å². The maximum Gasteiger partial charge on any atom is 0.243 e. The van der Waals surface area contributed by atoms with Gasteiger partial charge in [0.2, 0.25) is 10.0 Å². The Kier molecular flexibility index (Phi) is 3.91. The van der Waals surface area contributed by atoms with Gasteiger partial charge in [-0.25, -0.2) is 8.42 Å². The lowest BCUT2D eigenvalue weighted by molar-refractivity contribution is -0.312. The SMILES string of the molecule is Cc1ccc(S(=O)(=O)N2CCCC(C(=O)[O-])C2)cc1. The number of hydrogen-bond acceptors (Lipinski definition) is 4. The number of aliphatic carboxylic acids is 1. The number of rotatable bonds is 3. The van der Waals surface area contributed by atoms with E-state index in [2.05, 4.69) is 0 Å². The molecule has 5 nitrogen and oxygen atoms in total. The van der Waals surface area contributed by atoms with Crippen LogP contribution in [0, 0.1) is 12.8 Å². The first-order chi connectivity index (χ1) is 8.91. The van der Waals surface area contributed by atoms with Crippen molar-refractivity contribution >= 4 is 16.0 Å². The minimum absolute atomic E-state index is 0.00145. The summed E-state index contributed by atoms with van der Waals surface area (Å²) in [5, 5.41) is 10.9. The van der Waals surface area contributed by atoms with E-state index < -0.39 is 21.9 Å². The van der Waals surface area contributed by atoms with Gasteiger partial charge in [0.05, 0.1) is 4.90 Å². The van der Waals surface area contributed by atoms with Crippen LogP contribution >= 0.6 is 0 Å². The molecule has 0 radical (unpaired) electrons. The summed E-state index contributed by atoms with van der Waals surface area (Å²) in [5.41, 5.74) is 0.977. The number of piperidine rings is 1. The van der Waals surface area contributed by atoms with E-state index in [4.69, 9.17) is 0 Å². The van der Waals surface area contributed by atoms with Crippen molar-refractivity contribution in [2.45, 2.75) is 24.7 Å². The molecule has 1 saturated heterocycles. The van der Waals surface area contributed by atoms with E-state index in [1.165, 1.54) is 4.31 Å². The number of sulfonamides is 1. The Labute approximate surface area is 112 Å².